The van der Waals surface area contributed by atoms with Gasteiger partial charge in [-0.15, -0.1) is 0 Å². The highest BCUT2D eigenvalue weighted by Crippen LogP contribution is 2.13. The predicted octanol–water partition coefficient (Wildman–Crippen LogP) is 2.52. The molecule has 2 N–H and O–H groups in total. The number of carbonyl (C=O) groups is 2. The molecule has 0 unspecified atom stereocenters. The highest BCUT2D eigenvalue weighted by atomic mass is 19.1. The van der Waals surface area contributed by atoms with Gasteiger partial charge in [0, 0.05) is 18.1 Å². The molecule has 0 saturated carbocycles. The number of aromatic nitrogens is 2. The van der Waals surface area contributed by atoms with Crippen molar-refractivity contribution in [1.82, 2.24) is 15.1 Å². The van der Waals surface area contributed by atoms with Crippen LogP contribution in [0.4, 0.5) is 14.5 Å². The van der Waals surface area contributed by atoms with Gasteiger partial charge < -0.3 is 10.6 Å². The molecule has 6 nitrogen and oxygen atoms in total. The van der Waals surface area contributed by atoms with Gasteiger partial charge >= 0.3 is 0 Å². The Morgan fingerprint density at radius 2 is 1.69 bits per heavy atom. The van der Waals surface area contributed by atoms with E-state index in [1.165, 1.54) is 0 Å². The van der Waals surface area contributed by atoms with Crippen LogP contribution >= 0.6 is 0 Å². The molecule has 132 valence electrons. The molecule has 1 heterocycles. The zero-order valence-electron chi connectivity index (χ0n) is 13.4. The molecule has 0 radical (unpaired) electrons. The number of anilines is 1. The van der Waals surface area contributed by atoms with E-state index in [2.05, 4.69) is 15.7 Å². The van der Waals surface area contributed by atoms with Crippen LogP contribution in [0.25, 0.3) is 5.69 Å². The van der Waals surface area contributed by atoms with Crippen LogP contribution in [-0.2, 0) is 4.79 Å². The van der Waals surface area contributed by atoms with Gasteiger partial charge in [-0.25, -0.2) is 13.5 Å². The summed E-state index contributed by atoms with van der Waals surface area (Å²) >= 11 is 0. The molecule has 26 heavy (non-hydrogen) atoms. The molecule has 0 aliphatic carbocycles. The van der Waals surface area contributed by atoms with Crippen molar-refractivity contribution < 1.29 is 18.4 Å². The fraction of sp³-hybridized carbons (Fsp3) is 0.0556. The molecule has 0 atom stereocenters. The Labute approximate surface area is 147 Å². The van der Waals surface area contributed by atoms with Gasteiger partial charge in [0.2, 0.25) is 5.91 Å². The van der Waals surface area contributed by atoms with E-state index < -0.39 is 35.6 Å². The third-order valence-corrected chi connectivity index (χ3v) is 3.52. The second kappa shape index (κ2) is 7.56. The number of nitrogens with zero attached hydrogens (tertiary/aromatic N) is 2. The summed E-state index contributed by atoms with van der Waals surface area (Å²) < 4.78 is 28.7. The van der Waals surface area contributed by atoms with Crippen molar-refractivity contribution in [3.63, 3.8) is 0 Å². The van der Waals surface area contributed by atoms with Crippen LogP contribution in [0, 0.1) is 11.6 Å². The molecular formula is C18H14F2N4O2. The lowest BCUT2D eigenvalue weighted by atomic mass is 10.2. The monoisotopic (exact) mass is 356 g/mol. The highest BCUT2D eigenvalue weighted by molar-refractivity contribution is 5.99. The van der Waals surface area contributed by atoms with Crippen molar-refractivity contribution in [3.8, 4) is 5.69 Å². The molecule has 2 aromatic carbocycles. The number of carbonyl (C=O) groups excluding carboxylic acids is 2. The zero-order valence-corrected chi connectivity index (χ0v) is 13.4. The fourth-order valence-electron chi connectivity index (χ4n) is 2.29. The first-order valence-electron chi connectivity index (χ1n) is 7.67. The number of rotatable bonds is 5. The molecule has 3 rings (SSSR count). The maximum Gasteiger partial charge on any atom is 0.257 e. The first-order valence-corrected chi connectivity index (χ1v) is 7.67. The number of benzene rings is 2. The van der Waals surface area contributed by atoms with Gasteiger partial charge in [0.05, 0.1) is 12.2 Å². The Bertz CT molecular complexity index is 905. The Morgan fingerprint density at radius 3 is 2.31 bits per heavy atom. The summed E-state index contributed by atoms with van der Waals surface area (Å²) in [4.78, 5) is 23.7. The molecule has 8 heteroatoms. The third kappa shape index (κ3) is 3.92. The molecule has 3 aromatic rings. The van der Waals surface area contributed by atoms with E-state index in [4.69, 9.17) is 0 Å². The van der Waals surface area contributed by atoms with Gasteiger partial charge in [-0.05, 0) is 42.5 Å². The van der Waals surface area contributed by atoms with Crippen LogP contribution in [0.2, 0.25) is 0 Å². The molecule has 0 bridgehead atoms. The number of amides is 2. The summed E-state index contributed by atoms with van der Waals surface area (Å²) in [6, 6.07) is 11.8. The summed E-state index contributed by atoms with van der Waals surface area (Å²) in [6.07, 6.45) is 3.43. The summed E-state index contributed by atoms with van der Waals surface area (Å²) in [5.74, 6) is -3.50. The van der Waals surface area contributed by atoms with Crippen LogP contribution in [-0.4, -0.2) is 28.1 Å². The van der Waals surface area contributed by atoms with Crippen molar-refractivity contribution in [2.24, 2.45) is 0 Å². The number of nitrogens with one attached hydrogen (secondary N) is 2. The SMILES string of the molecule is O=C(CNC(=O)c1c(F)cccc1F)Nc1ccc(-n2cccn2)cc1. The highest BCUT2D eigenvalue weighted by Gasteiger charge is 2.17. The van der Waals surface area contributed by atoms with Crippen molar-refractivity contribution >= 4 is 17.5 Å². The lowest BCUT2D eigenvalue weighted by Gasteiger charge is -2.09. The maximum absolute atomic E-state index is 13.5. The van der Waals surface area contributed by atoms with Crippen molar-refractivity contribution in [3.05, 3.63) is 78.1 Å². The predicted molar refractivity (Wildman–Crippen MR) is 90.9 cm³/mol. The first-order chi connectivity index (χ1) is 12.5. The minimum Gasteiger partial charge on any atom is -0.343 e. The Balaban J connectivity index is 1.56. The van der Waals surface area contributed by atoms with Gasteiger partial charge in [0.25, 0.3) is 5.91 Å². The first kappa shape index (κ1) is 17.3. The topological polar surface area (TPSA) is 76.0 Å². The number of hydrogen-bond donors (Lipinski definition) is 2. The average Bonchev–Trinajstić information content (AvgIpc) is 3.15. The van der Waals surface area contributed by atoms with E-state index >= 15 is 0 Å². The minimum atomic E-state index is -0.996. The van der Waals surface area contributed by atoms with Crippen molar-refractivity contribution in [1.29, 1.82) is 0 Å². The lowest BCUT2D eigenvalue weighted by Crippen LogP contribution is -2.33. The van der Waals surface area contributed by atoms with Gasteiger partial charge in [-0.1, -0.05) is 6.07 Å². The third-order valence-electron chi connectivity index (χ3n) is 3.52. The quantitative estimate of drug-likeness (QED) is 0.738. The second-order valence-electron chi connectivity index (χ2n) is 5.33. The molecule has 1 aromatic heterocycles. The van der Waals surface area contributed by atoms with Gasteiger partial charge in [0.1, 0.15) is 17.2 Å². The number of hydrogen-bond acceptors (Lipinski definition) is 3. The molecular weight excluding hydrogens is 342 g/mol. The van der Waals surface area contributed by atoms with Crippen LogP contribution in [0.3, 0.4) is 0 Å². The smallest absolute Gasteiger partial charge is 0.257 e. The van der Waals surface area contributed by atoms with E-state index in [1.807, 2.05) is 0 Å². The standard InChI is InChI=1S/C18H14F2N4O2/c19-14-3-1-4-15(20)17(14)18(26)21-11-16(25)23-12-5-7-13(8-6-12)24-10-2-9-22-24/h1-10H,11H2,(H,21,26)(H,23,25). The fourth-order valence-corrected chi connectivity index (χ4v) is 2.29. The van der Waals surface area contributed by atoms with Crippen molar-refractivity contribution in [2.45, 2.75) is 0 Å². The maximum atomic E-state index is 13.5. The van der Waals surface area contributed by atoms with E-state index in [0.717, 1.165) is 23.9 Å². The van der Waals surface area contributed by atoms with Crippen LogP contribution < -0.4 is 10.6 Å². The van der Waals surface area contributed by atoms with Gasteiger partial charge in [0.15, 0.2) is 0 Å². The lowest BCUT2D eigenvalue weighted by molar-refractivity contribution is -0.115. The average molecular weight is 356 g/mol. The minimum absolute atomic E-state index is 0.423. The summed E-state index contributed by atoms with van der Waals surface area (Å²) in [5, 5.41) is 8.86. The van der Waals surface area contributed by atoms with Crippen LogP contribution in [0.15, 0.2) is 60.9 Å². The summed E-state index contributed by atoms with van der Waals surface area (Å²) in [7, 11) is 0. The second-order valence-corrected chi connectivity index (χ2v) is 5.33. The normalized spacial score (nSPS) is 10.4. The van der Waals surface area contributed by atoms with Crippen LogP contribution in [0.5, 0.6) is 0 Å². The van der Waals surface area contributed by atoms with Gasteiger partial charge in [-0.3, -0.25) is 9.59 Å². The zero-order chi connectivity index (χ0) is 18.5. The molecule has 0 saturated heterocycles. The molecule has 0 aliphatic rings. The van der Waals surface area contributed by atoms with E-state index in [9.17, 15) is 18.4 Å². The molecule has 0 fully saturated rings. The van der Waals surface area contributed by atoms with E-state index in [1.54, 1.807) is 47.4 Å². The Morgan fingerprint density at radius 1 is 1.00 bits per heavy atom. The van der Waals surface area contributed by atoms with E-state index in [-0.39, 0.29) is 0 Å². The summed E-state index contributed by atoms with van der Waals surface area (Å²) in [5.41, 5.74) is 0.609. The van der Waals surface area contributed by atoms with Crippen LogP contribution in [0.1, 0.15) is 10.4 Å². The molecule has 0 aliphatic heterocycles. The molecule has 0 spiro atoms. The Kier molecular flexibility index (Phi) is 5.02. The molecule has 2 amide bonds. The van der Waals surface area contributed by atoms with Crippen molar-refractivity contribution in [2.75, 3.05) is 11.9 Å². The Hall–Kier alpha value is -3.55. The number of halogens is 2. The largest absolute Gasteiger partial charge is 0.343 e. The van der Waals surface area contributed by atoms with E-state index in [0.29, 0.717) is 5.69 Å². The van der Waals surface area contributed by atoms with Gasteiger partial charge in [-0.2, -0.15) is 5.10 Å². The summed E-state index contributed by atoms with van der Waals surface area (Å²) in [6.45, 7) is -0.423.